The van der Waals surface area contributed by atoms with Crippen LogP contribution in [0.3, 0.4) is 0 Å². The third-order valence-corrected chi connectivity index (χ3v) is 10.5. The Labute approximate surface area is 292 Å². The molecule has 3 heterocycles. The van der Waals surface area contributed by atoms with E-state index < -0.39 is 0 Å². The van der Waals surface area contributed by atoms with Crippen molar-refractivity contribution >= 4 is 53.4 Å². The molecule has 0 aliphatic heterocycles. The number of nitrogens with zero attached hydrogens (tertiary/aromatic N) is 3. The van der Waals surface area contributed by atoms with Crippen molar-refractivity contribution < 1.29 is 4.42 Å². The van der Waals surface area contributed by atoms with Gasteiger partial charge in [-0.05, 0) is 53.1 Å². The van der Waals surface area contributed by atoms with Crippen molar-refractivity contribution in [1.82, 2.24) is 15.0 Å². The van der Waals surface area contributed by atoms with Crippen molar-refractivity contribution in [2.45, 2.75) is 0 Å². The highest BCUT2D eigenvalue weighted by molar-refractivity contribution is 7.25. The molecule has 0 bridgehead atoms. The van der Waals surface area contributed by atoms with E-state index in [0.29, 0.717) is 17.5 Å². The van der Waals surface area contributed by atoms with Crippen LogP contribution in [0.5, 0.6) is 0 Å². The Kier molecular flexibility index (Phi) is 6.64. The molecule has 234 valence electrons. The summed E-state index contributed by atoms with van der Waals surface area (Å²) in [5.41, 5.74) is 9.26. The van der Waals surface area contributed by atoms with Crippen molar-refractivity contribution in [2.75, 3.05) is 0 Å². The van der Waals surface area contributed by atoms with Crippen molar-refractivity contribution in [2.24, 2.45) is 0 Å². The Balaban J connectivity index is 1.11. The smallest absolute Gasteiger partial charge is 0.164 e. The summed E-state index contributed by atoms with van der Waals surface area (Å²) in [6.45, 7) is 0. The first-order valence-corrected chi connectivity index (χ1v) is 17.4. The van der Waals surface area contributed by atoms with Gasteiger partial charge in [0.05, 0.1) is 0 Å². The van der Waals surface area contributed by atoms with Crippen LogP contribution in [0.2, 0.25) is 0 Å². The molecule has 0 unspecified atom stereocenters. The molecule has 0 N–H and O–H groups in total. The molecule has 0 atom stereocenters. The molecule has 0 saturated heterocycles. The van der Waals surface area contributed by atoms with Gasteiger partial charge in [-0.3, -0.25) is 0 Å². The predicted molar refractivity (Wildman–Crippen MR) is 207 cm³/mol. The molecule has 0 aliphatic rings. The largest absolute Gasteiger partial charge is 0.455 e. The van der Waals surface area contributed by atoms with Gasteiger partial charge < -0.3 is 4.42 Å². The zero-order valence-electron chi connectivity index (χ0n) is 26.7. The molecule has 0 amide bonds. The number of para-hydroxylation sites is 1. The summed E-state index contributed by atoms with van der Waals surface area (Å²) in [5, 5.41) is 4.70. The van der Waals surface area contributed by atoms with Gasteiger partial charge in [-0.2, -0.15) is 0 Å². The van der Waals surface area contributed by atoms with Gasteiger partial charge in [-0.15, -0.1) is 11.3 Å². The minimum absolute atomic E-state index is 0.659. The maximum absolute atomic E-state index is 6.44. The van der Waals surface area contributed by atoms with Gasteiger partial charge in [0, 0.05) is 53.2 Å². The monoisotopic (exact) mass is 657 g/mol. The highest BCUT2D eigenvalue weighted by atomic mass is 32.1. The van der Waals surface area contributed by atoms with Crippen LogP contribution in [0.4, 0.5) is 0 Å². The minimum atomic E-state index is 0.659. The first-order chi connectivity index (χ1) is 24.7. The van der Waals surface area contributed by atoms with Crippen molar-refractivity contribution in [3.05, 3.63) is 164 Å². The van der Waals surface area contributed by atoms with Crippen LogP contribution in [-0.2, 0) is 0 Å². The molecule has 10 aromatic rings. The second-order valence-corrected chi connectivity index (χ2v) is 13.5. The molecule has 10 rings (SSSR count). The lowest BCUT2D eigenvalue weighted by molar-refractivity contribution is 0.670. The normalized spacial score (nSPS) is 11.6. The van der Waals surface area contributed by atoms with Gasteiger partial charge >= 0.3 is 0 Å². The predicted octanol–water partition coefficient (Wildman–Crippen LogP) is 12.5. The highest BCUT2D eigenvalue weighted by Gasteiger charge is 2.17. The zero-order valence-corrected chi connectivity index (χ0v) is 27.6. The molecule has 0 saturated carbocycles. The fourth-order valence-electron chi connectivity index (χ4n) is 6.86. The highest BCUT2D eigenvalue weighted by Crippen LogP contribution is 2.42. The average Bonchev–Trinajstić information content (AvgIpc) is 3.76. The lowest BCUT2D eigenvalue weighted by Gasteiger charge is -2.09. The SMILES string of the molecule is c1ccc(-c2nc(-c3ccccc3)nc(-c3ccc4c(c3)sc3ccc(-c5cc(-c6ccccc6)c6oc7ccccc7c6c5)cc34)n2)cc1. The van der Waals surface area contributed by atoms with Gasteiger partial charge in [0.15, 0.2) is 17.5 Å². The molecule has 5 heteroatoms. The third-order valence-electron chi connectivity index (χ3n) is 9.33. The van der Waals surface area contributed by atoms with Gasteiger partial charge in [-0.1, -0.05) is 127 Å². The van der Waals surface area contributed by atoms with Crippen molar-refractivity contribution in [3.8, 4) is 56.4 Å². The molecular formula is C45H27N3OS. The molecular weight excluding hydrogens is 631 g/mol. The van der Waals surface area contributed by atoms with Crippen LogP contribution in [-0.4, -0.2) is 15.0 Å². The van der Waals surface area contributed by atoms with Crippen LogP contribution in [0.1, 0.15) is 0 Å². The Morgan fingerprint density at radius 1 is 0.360 bits per heavy atom. The van der Waals surface area contributed by atoms with Crippen LogP contribution in [0.15, 0.2) is 168 Å². The topological polar surface area (TPSA) is 51.8 Å². The Hall–Kier alpha value is -6.43. The Morgan fingerprint density at radius 2 is 0.940 bits per heavy atom. The van der Waals surface area contributed by atoms with E-state index in [2.05, 4.69) is 91.0 Å². The van der Waals surface area contributed by atoms with Gasteiger partial charge in [0.25, 0.3) is 0 Å². The van der Waals surface area contributed by atoms with E-state index in [4.69, 9.17) is 19.4 Å². The second kappa shape index (κ2) is 11.6. The van der Waals surface area contributed by atoms with Gasteiger partial charge in [0.1, 0.15) is 11.2 Å². The summed E-state index contributed by atoms with van der Waals surface area (Å²) in [7, 11) is 0. The maximum Gasteiger partial charge on any atom is 0.164 e. The third kappa shape index (κ3) is 4.87. The lowest BCUT2D eigenvalue weighted by atomic mass is 9.95. The number of hydrogen-bond acceptors (Lipinski definition) is 5. The summed E-state index contributed by atoms with van der Waals surface area (Å²) < 4.78 is 8.88. The van der Waals surface area contributed by atoms with E-state index in [1.165, 1.54) is 25.7 Å². The molecule has 0 fully saturated rings. The maximum atomic E-state index is 6.44. The van der Waals surface area contributed by atoms with Crippen LogP contribution in [0, 0.1) is 0 Å². The van der Waals surface area contributed by atoms with E-state index in [9.17, 15) is 0 Å². The molecule has 4 nitrogen and oxygen atoms in total. The number of fused-ring (bicyclic) bond motifs is 6. The van der Waals surface area contributed by atoms with E-state index in [-0.39, 0.29) is 0 Å². The molecule has 50 heavy (non-hydrogen) atoms. The van der Waals surface area contributed by atoms with E-state index >= 15 is 0 Å². The molecule has 0 spiro atoms. The molecule has 0 aliphatic carbocycles. The van der Waals surface area contributed by atoms with Gasteiger partial charge in [-0.25, -0.2) is 15.0 Å². The Bertz CT molecular complexity index is 2800. The number of benzene rings is 7. The van der Waals surface area contributed by atoms with Crippen LogP contribution >= 0.6 is 11.3 Å². The van der Waals surface area contributed by atoms with Crippen molar-refractivity contribution in [3.63, 3.8) is 0 Å². The molecule has 3 aromatic heterocycles. The summed E-state index contributed by atoms with van der Waals surface area (Å²) in [6, 6.07) is 56.9. The first kappa shape index (κ1) is 28.6. The summed E-state index contributed by atoms with van der Waals surface area (Å²) in [6.07, 6.45) is 0. The zero-order chi connectivity index (χ0) is 33.0. The summed E-state index contributed by atoms with van der Waals surface area (Å²) >= 11 is 1.80. The average molecular weight is 658 g/mol. The van der Waals surface area contributed by atoms with E-state index in [0.717, 1.165) is 55.3 Å². The number of thiophene rings is 1. The summed E-state index contributed by atoms with van der Waals surface area (Å²) in [5.74, 6) is 1.98. The number of aromatic nitrogens is 3. The number of hydrogen-bond donors (Lipinski definition) is 0. The quantitative estimate of drug-likeness (QED) is 0.185. The number of furan rings is 1. The number of rotatable bonds is 5. The minimum Gasteiger partial charge on any atom is -0.455 e. The molecule has 0 radical (unpaired) electrons. The summed E-state index contributed by atoms with van der Waals surface area (Å²) in [4.78, 5) is 14.8. The van der Waals surface area contributed by atoms with E-state index in [1.54, 1.807) is 11.3 Å². The Morgan fingerprint density at radius 3 is 1.64 bits per heavy atom. The fraction of sp³-hybridized carbons (Fsp3) is 0. The lowest BCUT2D eigenvalue weighted by Crippen LogP contribution is -1.99. The standard InChI is InChI=1S/C45H27N3OS/c1-4-12-28(13-5-1)36-25-33(26-38-34-18-10-11-19-39(34)49-42(36)38)31-21-23-40-37(24-31)35-22-20-32(27-41(35)50-40)45-47-43(29-14-6-2-7-15-29)46-44(48-45)30-16-8-3-9-17-30/h1-27H. The fourth-order valence-corrected chi connectivity index (χ4v) is 7.99. The molecule has 7 aromatic carbocycles. The van der Waals surface area contributed by atoms with Crippen LogP contribution in [0.25, 0.3) is 98.5 Å². The first-order valence-electron chi connectivity index (χ1n) is 16.6. The van der Waals surface area contributed by atoms with Gasteiger partial charge in [0.2, 0.25) is 0 Å². The van der Waals surface area contributed by atoms with Crippen LogP contribution < -0.4 is 0 Å². The van der Waals surface area contributed by atoms with E-state index in [1.807, 2.05) is 72.8 Å². The second-order valence-electron chi connectivity index (χ2n) is 12.4. The van der Waals surface area contributed by atoms with Crippen molar-refractivity contribution in [1.29, 1.82) is 0 Å².